The van der Waals surface area contributed by atoms with Crippen molar-refractivity contribution in [1.82, 2.24) is 4.57 Å². The zero-order chi connectivity index (χ0) is 15.7. The lowest BCUT2D eigenvalue weighted by Crippen LogP contribution is -2.25. The van der Waals surface area contributed by atoms with Crippen molar-refractivity contribution in [1.29, 1.82) is 0 Å². The van der Waals surface area contributed by atoms with Gasteiger partial charge in [0.2, 0.25) is 0 Å². The van der Waals surface area contributed by atoms with Gasteiger partial charge >= 0.3 is 0 Å². The maximum absolute atomic E-state index is 2.46. The van der Waals surface area contributed by atoms with Gasteiger partial charge in [0.1, 0.15) is 0 Å². The maximum atomic E-state index is 2.46. The van der Waals surface area contributed by atoms with Crippen LogP contribution in [0.25, 0.3) is 10.9 Å². The Balaban J connectivity index is 2.42. The molecule has 116 valence electrons. The Hall–Kier alpha value is -1.24. The van der Waals surface area contributed by atoms with Crippen LogP contribution in [0.1, 0.15) is 72.8 Å². The number of hydrogen-bond donors (Lipinski definition) is 0. The first-order valence-corrected chi connectivity index (χ1v) is 8.44. The summed E-state index contributed by atoms with van der Waals surface area (Å²) in [6.45, 7) is 13.9. The number of unbranched alkanes of at least 4 members (excludes halogenated alkanes) is 1. The molecule has 0 bridgehead atoms. The maximum Gasteiger partial charge on any atom is 0.0485 e. The minimum absolute atomic E-state index is 0.194. The first-order valence-electron chi connectivity index (χ1n) is 8.44. The topological polar surface area (TPSA) is 4.93 Å². The van der Waals surface area contributed by atoms with Crippen molar-refractivity contribution in [2.75, 3.05) is 0 Å². The fourth-order valence-electron chi connectivity index (χ4n) is 3.03. The van der Waals surface area contributed by atoms with Crippen LogP contribution >= 0.6 is 0 Å². The molecule has 0 unspecified atom stereocenters. The quantitative estimate of drug-likeness (QED) is 0.590. The molecule has 1 heteroatoms. The van der Waals surface area contributed by atoms with Gasteiger partial charge in [-0.15, -0.1) is 0 Å². The molecule has 0 saturated heterocycles. The average Bonchev–Trinajstić information content (AvgIpc) is 2.89. The average molecular weight is 285 g/mol. The van der Waals surface area contributed by atoms with E-state index in [0.29, 0.717) is 0 Å². The highest BCUT2D eigenvalue weighted by molar-refractivity contribution is 5.81. The van der Waals surface area contributed by atoms with Gasteiger partial charge in [0.05, 0.1) is 0 Å². The van der Waals surface area contributed by atoms with Crippen LogP contribution in [0.15, 0.2) is 30.5 Å². The summed E-state index contributed by atoms with van der Waals surface area (Å²) in [5, 5.41) is 1.37. The van der Waals surface area contributed by atoms with Crippen LogP contribution in [0.3, 0.4) is 0 Å². The number of fused-ring (bicyclic) bond motifs is 1. The molecule has 1 heterocycles. The summed E-state index contributed by atoms with van der Waals surface area (Å²) in [4.78, 5) is 0. The van der Waals surface area contributed by atoms with E-state index in [2.05, 4.69) is 76.6 Å². The summed E-state index contributed by atoms with van der Waals surface area (Å²) in [5.74, 6) is 0. The zero-order valence-corrected chi connectivity index (χ0v) is 14.7. The summed E-state index contributed by atoms with van der Waals surface area (Å²) >= 11 is 0. The van der Waals surface area contributed by atoms with E-state index >= 15 is 0 Å². The molecule has 0 saturated carbocycles. The van der Waals surface area contributed by atoms with Crippen molar-refractivity contribution in [2.45, 2.75) is 78.2 Å². The lowest BCUT2D eigenvalue weighted by Gasteiger charge is -2.29. The molecular formula is C20H31N. The third kappa shape index (κ3) is 3.17. The molecular weight excluding hydrogens is 254 g/mol. The smallest absolute Gasteiger partial charge is 0.0485 e. The summed E-state index contributed by atoms with van der Waals surface area (Å²) < 4.78 is 2.46. The Kier molecular flexibility index (Phi) is 4.51. The predicted octanol–water partition coefficient (Wildman–Crippen LogP) is 6.25. The van der Waals surface area contributed by atoms with E-state index in [4.69, 9.17) is 0 Å². The largest absolute Gasteiger partial charge is 0.342 e. The van der Waals surface area contributed by atoms with Crippen molar-refractivity contribution in [3.63, 3.8) is 0 Å². The zero-order valence-electron chi connectivity index (χ0n) is 14.7. The van der Waals surface area contributed by atoms with Crippen LogP contribution in [0, 0.1) is 0 Å². The number of hydrogen-bond acceptors (Lipinski definition) is 0. The summed E-state index contributed by atoms with van der Waals surface area (Å²) in [6, 6.07) is 9.29. The third-order valence-electron chi connectivity index (χ3n) is 5.15. The second-order valence-electron chi connectivity index (χ2n) is 7.61. The molecule has 1 aromatic heterocycles. The van der Waals surface area contributed by atoms with Crippen LogP contribution in [-0.2, 0) is 11.0 Å². The van der Waals surface area contributed by atoms with Gasteiger partial charge < -0.3 is 4.57 Å². The molecule has 0 aliphatic rings. The molecule has 0 spiro atoms. The second kappa shape index (κ2) is 5.87. The molecule has 2 aromatic rings. The fraction of sp³-hybridized carbons (Fsp3) is 0.600. The van der Waals surface area contributed by atoms with Crippen LogP contribution < -0.4 is 0 Å². The SMILES string of the molecule is CCCCC(C)(C)n1ccc2cc(C(C)(C)CC)ccc21. The van der Waals surface area contributed by atoms with Gasteiger partial charge in [-0.05, 0) is 61.3 Å². The van der Waals surface area contributed by atoms with Crippen molar-refractivity contribution in [2.24, 2.45) is 0 Å². The Morgan fingerprint density at radius 3 is 2.33 bits per heavy atom. The summed E-state index contributed by atoms with van der Waals surface area (Å²) in [7, 11) is 0. The van der Waals surface area contributed by atoms with E-state index in [1.165, 1.54) is 42.1 Å². The molecule has 1 aromatic carbocycles. The van der Waals surface area contributed by atoms with Gasteiger partial charge in [-0.3, -0.25) is 0 Å². The fourth-order valence-corrected chi connectivity index (χ4v) is 3.03. The van der Waals surface area contributed by atoms with E-state index in [1.807, 2.05) is 0 Å². The monoisotopic (exact) mass is 285 g/mol. The molecule has 0 aliphatic heterocycles. The number of aromatic nitrogens is 1. The second-order valence-corrected chi connectivity index (χ2v) is 7.61. The molecule has 21 heavy (non-hydrogen) atoms. The van der Waals surface area contributed by atoms with Gasteiger partial charge in [0.15, 0.2) is 0 Å². The standard InChI is InChI=1S/C20H31N/c1-7-9-13-20(5,6)21-14-12-16-15-17(10-11-18(16)21)19(3,4)8-2/h10-12,14-15H,7-9,13H2,1-6H3. The summed E-state index contributed by atoms with van der Waals surface area (Å²) in [6.07, 6.45) is 7.21. The van der Waals surface area contributed by atoms with Gasteiger partial charge in [0.25, 0.3) is 0 Å². The number of nitrogens with zero attached hydrogens (tertiary/aromatic N) is 1. The van der Waals surface area contributed by atoms with Crippen molar-refractivity contribution < 1.29 is 0 Å². The van der Waals surface area contributed by atoms with Gasteiger partial charge in [0, 0.05) is 17.3 Å². The van der Waals surface area contributed by atoms with Gasteiger partial charge in [-0.1, -0.05) is 46.6 Å². The van der Waals surface area contributed by atoms with E-state index in [1.54, 1.807) is 0 Å². The molecule has 2 rings (SSSR count). The van der Waals surface area contributed by atoms with E-state index in [9.17, 15) is 0 Å². The lowest BCUT2D eigenvalue weighted by atomic mass is 9.82. The molecule has 0 amide bonds. The summed E-state index contributed by atoms with van der Waals surface area (Å²) in [5.41, 5.74) is 3.27. The van der Waals surface area contributed by atoms with E-state index < -0.39 is 0 Å². The van der Waals surface area contributed by atoms with Crippen LogP contribution in [0.4, 0.5) is 0 Å². The molecule has 0 N–H and O–H groups in total. The molecule has 0 atom stereocenters. The van der Waals surface area contributed by atoms with E-state index in [0.717, 1.165) is 0 Å². The Bertz CT molecular complexity index is 601. The minimum Gasteiger partial charge on any atom is -0.342 e. The molecule has 0 radical (unpaired) electrons. The third-order valence-corrected chi connectivity index (χ3v) is 5.15. The molecule has 1 nitrogen and oxygen atoms in total. The number of rotatable bonds is 6. The lowest BCUT2D eigenvalue weighted by molar-refractivity contribution is 0.327. The normalized spacial score (nSPS) is 13.0. The van der Waals surface area contributed by atoms with Crippen molar-refractivity contribution >= 4 is 10.9 Å². The molecule has 0 fully saturated rings. The highest BCUT2D eigenvalue weighted by Crippen LogP contribution is 2.33. The minimum atomic E-state index is 0.194. The van der Waals surface area contributed by atoms with Crippen molar-refractivity contribution in [3.05, 3.63) is 36.0 Å². The Labute approximate surface area is 130 Å². The highest BCUT2D eigenvalue weighted by Gasteiger charge is 2.22. The Morgan fingerprint density at radius 2 is 1.71 bits per heavy atom. The first kappa shape index (κ1) is 16.1. The van der Waals surface area contributed by atoms with Crippen LogP contribution in [-0.4, -0.2) is 4.57 Å². The van der Waals surface area contributed by atoms with E-state index in [-0.39, 0.29) is 11.0 Å². The molecule has 0 aliphatic carbocycles. The Morgan fingerprint density at radius 1 is 1.00 bits per heavy atom. The van der Waals surface area contributed by atoms with Gasteiger partial charge in [-0.25, -0.2) is 0 Å². The van der Waals surface area contributed by atoms with Gasteiger partial charge in [-0.2, -0.15) is 0 Å². The van der Waals surface area contributed by atoms with Crippen LogP contribution in [0.2, 0.25) is 0 Å². The highest BCUT2D eigenvalue weighted by atomic mass is 15.0. The first-order chi connectivity index (χ1) is 9.81. The predicted molar refractivity (Wildman–Crippen MR) is 94.1 cm³/mol. The van der Waals surface area contributed by atoms with Crippen LogP contribution in [0.5, 0.6) is 0 Å². The number of benzene rings is 1. The van der Waals surface area contributed by atoms with Crippen molar-refractivity contribution in [3.8, 4) is 0 Å².